The summed E-state index contributed by atoms with van der Waals surface area (Å²) in [4.78, 5) is 36.6. The number of nitrogens with zero attached hydrogens (tertiary/aromatic N) is 2. The van der Waals surface area contributed by atoms with E-state index in [9.17, 15) is 14.4 Å². The lowest BCUT2D eigenvalue weighted by atomic mass is 9.96. The Hall–Kier alpha value is -2.55. The average Bonchev–Trinajstić information content (AvgIpc) is 2.95. The largest absolute Gasteiger partial charge is 0.479 e. The van der Waals surface area contributed by atoms with Crippen LogP contribution in [-0.2, 0) is 14.4 Å². The summed E-state index contributed by atoms with van der Waals surface area (Å²) >= 11 is 1.15. The molecule has 2 aliphatic heterocycles. The SMILES string of the molecule is O=C(N[C@H]1C(=O)N2C(C(=O)O)SCC12)/C(=N/O)c1ccccc1. The molecule has 9 heteroatoms. The first-order valence-electron chi connectivity index (χ1n) is 6.79. The predicted octanol–water partition coefficient (Wildman–Crippen LogP) is -0.282. The molecule has 1 aromatic rings. The smallest absolute Gasteiger partial charge is 0.337 e. The van der Waals surface area contributed by atoms with Gasteiger partial charge in [0, 0.05) is 11.3 Å². The molecule has 2 saturated heterocycles. The van der Waals surface area contributed by atoms with Gasteiger partial charge in [-0.1, -0.05) is 35.5 Å². The molecule has 0 aromatic heterocycles. The van der Waals surface area contributed by atoms with Crippen LogP contribution in [0.1, 0.15) is 5.56 Å². The third-order valence-corrected chi connectivity index (χ3v) is 5.08. The summed E-state index contributed by atoms with van der Waals surface area (Å²) < 4.78 is 0. The zero-order valence-electron chi connectivity index (χ0n) is 11.7. The standard InChI is InChI=1S/C14H13N3O5S/c18-11(9(16-22)7-4-2-1-3-5-7)15-10-8-6-23-13(14(20)21)17(8)12(10)19/h1-5,8,10,13,22H,6H2,(H,15,18)(H,20,21)/b16-9+/t8?,10-,13?/m1/s1. The maximum atomic E-state index is 12.2. The number of nitrogens with one attached hydrogen (secondary N) is 1. The number of oxime groups is 1. The van der Waals surface area contributed by atoms with E-state index in [4.69, 9.17) is 10.3 Å². The monoisotopic (exact) mass is 335 g/mol. The number of hydrogen-bond donors (Lipinski definition) is 3. The number of benzene rings is 1. The van der Waals surface area contributed by atoms with Gasteiger partial charge in [-0.05, 0) is 0 Å². The van der Waals surface area contributed by atoms with Gasteiger partial charge in [-0.15, -0.1) is 11.8 Å². The van der Waals surface area contributed by atoms with Gasteiger partial charge < -0.3 is 20.5 Å². The first kappa shape index (κ1) is 15.3. The molecule has 23 heavy (non-hydrogen) atoms. The van der Waals surface area contributed by atoms with Crippen LogP contribution in [-0.4, -0.2) is 61.9 Å². The van der Waals surface area contributed by atoms with Gasteiger partial charge in [0.05, 0.1) is 6.04 Å². The number of thioether (sulfide) groups is 1. The first-order valence-corrected chi connectivity index (χ1v) is 7.84. The van der Waals surface area contributed by atoms with E-state index in [1.807, 2.05) is 0 Å². The number of β-lactam (4-membered cyclic amide) rings is 1. The summed E-state index contributed by atoms with van der Waals surface area (Å²) in [5.41, 5.74) is 0.220. The van der Waals surface area contributed by atoms with Gasteiger partial charge in [-0.25, -0.2) is 4.79 Å². The minimum atomic E-state index is -1.07. The molecular weight excluding hydrogens is 322 g/mol. The van der Waals surface area contributed by atoms with Gasteiger partial charge >= 0.3 is 5.97 Å². The number of aliphatic carboxylic acids is 1. The molecule has 2 fully saturated rings. The molecular formula is C14H13N3O5S. The average molecular weight is 335 g/mol. The van der Waals surface area contributed by atoms with E-state index in [0.29, 0.717) is 11.3 Å². The second-order valence-corrected chi connectivity index (χ2v) is 6.22. The molecule has 1 aromatic carbocycles. The van der Waals surface area contributed by atoms with Crippen molar-refractivity contribution < 1.29 is 24.7 Å². The molecule has 8 nitrogen and oxygen atoms in total. The molecule has 3 N–H and O–H groups in total. The lowest BCUT2D eigenvalue weighted by Gasteiger charge is -2.43. The highest BCUT2D eigenvalue weighted by atomic mass is 32.2. The van der Waals surface area contributed by atoms with Crippen molar-refractivity contribution in [2.75, 3.05) is 5.75 Å². The van der Waals surface area contributed by atoms with Crippen molar-refractivity contribution in [1.29, 1.82) is 0 Å². The zero-order chi connectivity index (χ0) is 16.6. The van der Waals surface area contributed by atoms with Gasteiger partial charge in [0.25, 0.3) is 5.91 Å². The van der Waals surface area contributed by atoms with Gasteiger partial charge in [0.1, 0.15) is 6.04 Å². The van der Waals surface area contributed by atoms with Crippen molar-refractivity contribution in [3.05, 3.63) is 35.9 Å². The van der Waals surface area contributed by atoms with Crippen LogP contribution in [0, 0.1) is 0 Å². The molecule has 120 valence electrons. The summed E-state index contributed by atoms with van der Waals surface area (Å²) in [6.45, 7) is 0. The van der Waals surface area contributed by atoms with Crippen molar-refractivity contribution in [2.24, 2.45) is 5.16 Å². The molecule has 3 atom stereocenters. The van der Waals surface area contributed by atoms with E-state index in [0.717, 1.165) is 11.8 Å². The summed E-state index contributed by atoms with van der Waals surface area (Å²) in [5, 5.41) is 22.7. The number of hydrogen-bond acceptors (Lipinski definition) is 6. The highest BCUT2D eigenvalue weighted by Crippen LogP contribution is 2.38. The molecule has 3 rings (SSSR count). The van der Waals surface area contributed by atoms with E-state index in [2.05, 4.69) is 10.5 Å². The van der Waals surface area contributed by atoms with E-state index in [1.54, 1.807) is 30.3 Å². The van der Waals surface area contributed by atoms with Gasteiger partial charge in [0.15, 0.2) is 11.1 Å². The second-order valence-electron chi connectivity index (χ2n) is 5.10. The lowest BCUT2D eigenvalue weighted by molar-refractivity contribution is -0.158. The fourth-order valence-corrected chi connectivity index (χ4v) is 3.99. The Bertz CT molecular complexity index is 693. The number of fused-ring (bicyclic) bond motifs is 1. The van der Waals surface area contributed by atoms with E-state index < -0.39 is 29.2 Å². The molecule has 2 amide bonds. The third-order valence-electron chi connectivity index (χ3n) is 3.80. The van der Waals surface area contributed by atoms with Crippen molar-refractivity contribution >= 4 is 35.3 Å². The van der Waals surface area contributed by atoms with Crippen LogP contribution in [0.5, 0.6) is 0 Å². The van der Waals surface area contributed by atoms with Crippen LogP contribution in [0.15, 0.2) is 35.5 Å². The molecule has 0 spiro atoms. The topological polar surface area (TPSA) is 119 Å². The minimum absolute atomic E-state index is 0.197. The molecule has 2 unspecified atom stereocenters. The van der Waals surface area contributed by atoms with Crippen molar-refractivity contribution in [3.63, 3.8) is 0 Å². The molecule has 0 radical (unpaired) electrons. The molecule has 2 aliphatic rings. The van der Waals surface area contributed by atoms with Crippen LogP contribution < -0.4 is 5.32 Å². The van der Waals surface area contributed by atoms with Crippen molar-refractivity contribution in [2.45, 2.75) is 17.5 Å². The van der Waals surface area contributed by atoms with Crippen molar-refractivity contribution in [1.82, 2.24) is 10.2 Å². The number of amides is 2. The fraction of sp³-hybridized carbons (Fsp3) is 0.286. The molecule has 0 aliphatic carbocycles. The number of carbonyl (C=O) groups is 3. The normalized spacial score (nSPS) is 26.4. The van der Waals surface area contributed by atoms with Crippen LogP contribution in [0.2, 0.25) is 0 Å². The summed E-state index contributed by atoms with van der Waals surface area (Å²) in [7, 11) is 0. The van der Waals surface area contributed by atoms with E-state index in [-0.39, 0.29) is 11.8 Å². The fourth-order valence-electron chi connectivity index (χ4n) is 2.69. The van der Waals surface area contributed by atoms with Gasteiger partial charge in [-0.2, -0.15) is 0 Å². The minimum Gasteiger partial charge on any atom is -0.479 e. The Morgan fingerprint density at radius 1 is 1.30 bits per heavy atom. The molecule has 2 heterocycles. The summed E-state index contributed by atoms with van der Waals surface area (Å²) in [6.07, 6.45) is 0. The number of carboxylic acids is 1. The van der Waals surface area contributed by atoms with Gasteiger partial charge in [-0.3, -0.25) is 9.59 Å². The Kier molecular flexibility index (Phi) is 3.95. The molecule has 0 saturated carbocycles. The maximum Gasteiger partial charge on any atom is 0.337 e. The Labute approximate surface area is 135 Å². The summed E-state index contributed by atoms with van der Waals surface area (Å²) in [5.74, 6) is -1.76. The summed E-state index contributed by atoms with van der Waals surface area (Å²) in [6, 6.07) is 7.20. The second kappa shape index (κ2) is 5.92. The van der Waals surface area contributed by atoms with E-state index >= 15 is 0 Å². The van der Waals surface area contributed by atoms with Crippen LogP contribution >= 0.6 is 11.8 Å². The number of rotatable bonds is 4. The van der Waals surface area contributed by atoms with E-state index in [1.165, 1.54) is 4.90 Å². The Morgan fingerprint density at radius 2 is 2.00 bits per heavy atom. The van der Waals surface area contributed by atoms with Gasteiger partial charge in [0.2, 0.25) is 5.91 Å². The predicted molar refractivity (Wildman–Crippen MR) is 81.2 cm³/mol. The third kappa shape index (κ3) is 2.52. The number of carbonyl (C=O) groups excluding carboxylic acids is 2. The quantitative estimate of drug-likeness (QED) is 0.301. The highest BCUT2D eigenvalue weighted by molar-refractivity contribution is 8.00. The maximum absolute atomic E-state index is 12.2. The Balaban J connectivity index is 1.70. The van der Waals surface area contributed by atoms with Crippen molar-refractivity contribution in [3.8, 4) is 0 Å². The Morgan fingerprint density at radius 3 is 2.61 bits per heavy atom. The first-order chi connectivity index (χ1) is 11.0. The lowest BCUT2D eigenvalue weighted by Crippen LogP contribution is -2.71. The highest BCUT2D eigenvalue weighted by Gasteiger charge is 2.57. The zero-order valence-corrected chi connectivity index (χ0v) is 12.6. The molecule has 0 bridgehead atoms. The number of carboxylic acid groups (broad SMARTS) is 1. The van der Waals surface area contributed by atoms with Crippen LogP contribution in [0.4, 0.5) is 0 Å². The van der Waals surface area contributed by atoms with Crippen LogP contribution in [0.3, 0.4) is 0 Å². The van der Waals surface area contributed by atoms with Crippen LogP contribution in [0.25, 0.3) is 0 Å².